The normalized spacial score (nSPS) is 20.1. The van der Waals surface area contributed by atoms with Gasteiger partial charge in [-0.25, -0.2) is 4.79 Å². The molecule has 0 radical (unpaired) electrons. The highest BCUT2D eigenvalue weighted by molar-refractivity contribution is 6.31. The summed E-state index contributed by atoms with van der Waals surface area (Å²) in [5.74, 6) is -1.00. The number of likely N-dealkylation sites (tertiary alicyclic amines) is 1. The summed E-state index contributed by atoms with van der Waals surface area (Å²) in [5, 5.41) is 3.03. The van der Waals surface area contributed by atoms with Gasteiger partial charge in [-0.15, -0.1) is 0 Å². The van der Waals surface area contributed by atoms with Crippen LogP contribution in [-0.2, 0) is 27.5 Å². The summed E-state index contributed by atoms with van der Waals surface area (Å²) in [6.07, 6.45) is 7.84. The second-order valence-electron chi connectivity index (χ2n) is 8.95. The SMILES string of the molecule is CC1CCCCN1C(=O)Cn1cc(C=C2C(=O)NC(=O)N(Cc3ccco3)C2=O)c2ccccc21. The highest BCUT2D eigenvalue weighted by Crippen LogP contribution is 2.26. The van der Waals surface area contributed by atoms with Crippen LogP contribution in [0.15, 0.2) is 58.8 Å². The van der Waals surface area contributed by atoms with Crippen molar-refractivity contribution in [1.29, 1.82) is 0 Å². The van der Waals surface area contributed by atoms with Crippen molar-refractivity contribution in [2.75, 3.05) is 6.54 Å². The number of fused-ring (bicyclic) bond motifs is 1. The van der Waals surface area contributed by atoms with E-state index in [1.54, 1.807) is 18.3 Å². The molecule has 0 spiro atoms. The van der Waals surface area contributed by atoms with Crippen LogP contribution in [0.3, 0.4) is 0 Å². The fourth-order valence-electron chi connectivity index (χ4n) is 4.78. The first kappa shape index (κ1) is 22.6. The number of imide groups is 2. The second kappa shape index (κ2) is 9.25. The van der Waals surface area contributed by atoms with Gasteiger partial charge in [0.25, 0.3) is 11.8 Å². The van der Waals surface area contributed by atoms with Crippen LogP contribution in [0.5, 0.6) is 0 Å². The van der Waals surface area contributed by atoms with Crippen LogP contribution in [0.1, 0.15) is 37.5 Å². The Morgan fingerprint density at radius 2 is 1.97 bits per heavy atom. The minimum Gasteiger partial charge on any atom is -0.467 e. The molecule has 2 aliphatic rings. The lowest BCUT2D eigenvalue weighted by molar-refractivity contribution is -0.135. The highest BCUT2D eigenvalue weighted by Gasteiger charge is 2.36. The molecular weight excluding hydrogens is 448 g/mol. The number of barbiturate groups is 1. The number of carbonyl (C=O) groups excluding carboxylic acids is 4. The largest absolute Gasteiger partial charge is 0.467 e. The Balaban J connectivity index is 1.47. The predicted octanol–water partition coefficient (Wildman–Crippen LogP) is 3.30. The van der Waals surface area contributed by atoms with Crippen LogP contribution in [0.4, 0.5) is 4.79 Å². The standard InChI is InChI=1S/C26H26N4O5/c1-17-7-4-5-11-29(17)23(31)16-28-14-18(20-9-2-3-10-22(20)28)13-21-24(32)27-26(34)30(25(21)33)15-19-8-6-12-35-19/h2-3,6,8-10,12-14,17H,4-5,7,11,15-16H2,1H3,(H,27,32,34). The summed E-state index contributed by atoms with van der Waals surface area (Å²) in [5.41, 5.74) is 1.28. The number of urea groups is 1. The molecule has 1 N–H and O–H groups in total. The van der Waals surface area contributed by atoms with E-state index in [4.69, 9.17) is 4.42 Å². The Labute approximate surface area is 202 Å². The van der Waals surface area contributed by atoms with E-state index in [2.05, 4.69) is 12.2 Å². The Hall–Kier alpha value is -4.14. The number of para-hydroxylation sites is 1. The molecular formula is C26H26N4O5. The molecule has 2 aliphatic heterocycles. The van der Waals surface area contributed by atoms with Crippen LogP contribution in [0, 0.1) is 0 Å². The first-order valence-electron chi connectivity index (χ1n) is 11.7. The van der Waals surface area contributed by atoms with Crippen LogP contribution in [0.2, 0.25) is 0 Å². The maximum atomic E-state index is 13.1. The van der Waals surface area contributed by atoms with Crippen molar-refractivity contribution in [3.05, 3.63) is 65.8 Å². The summed E-state index contributed by atoms with van der Waals surface area (Å²) in [6, 6.07) is 10.2. The van der Waals surface area contributed by atoms with Gasteiger partial charge in [0.2, 0.25) is 5.91 Å². The molecule has 1 atom stereocenters. The molecule has 0 saturated carbocycles. The molecule has 9 heteroatoms. The van der Waals surface area contributed by atoms with Crippen molar-refractivity contribution in [2.45, 2.75) is 45.3 Å². The van der Waals surface area contributed by atoms with E-state index in [-0.39, 0.29) is 30.6 Å². The van der Waals surface area contributed by atoms with Gasteiger partial charge in [-0.2, -0.15) is 0 Å². The van der Waals surface area contributed by atoms with E-state index in [1.165, 1.54) is 12.3 Å². The quantitative estimate of drug-likeness (QED) is 0.451. The van der Waals surface area contributed by atoms with Crippen molar-refractivity contribution in [1.82, 2.24) is 19.7 Å². The maximum absolute atomic E-state index is 13.1. The van der Waals surface area contributed by atoms with Crippen LogP contribution < -0.4 is 5.32 Å². The van der Waals surface area contributed by atoms with E-state index in [0.29, 0.717) is 11.3 Å². The van der Waals surface area contributed by atoms with Gasteiger partial charge in [-0.3, -0.25) is 24.6 Å². The third-order valence-corrected chi connectivity index (χ3v) is 6.63. The Bertz CT molecular complexity index is 1340. The maximum Gasteiger partial charge on any atom is 0.331 e. The predicted molar refractivity (Wildman–Crippen MR) is 128 cm³/mol. The molecule has 180 valence electrons. The van der Waals surface area contributed by atoms with Gasteiger partial charge in [-0.05, 0) is 50.5 Å². The van der Waals surface area contributed by atoms with Crippen molar-refractivity contribution in [3.63, 3.8) is 0 Å². The number of hydrogen-bond donors (Lipinski definition) is 1. The highest BCUT2D eigenvalue weighted by atomic mass is 16.3. The van der Waals surface area contributed by atoms with Crippen molar-refractivity contribution in [3.8, 4) is 0 Å². The lowest BCUT2D eigenvalue weighted by Crippen LogP contribution is -2.53. The van der Waals surface area contributed by atoms with Gasteiger partial charge in [-0.1, -0.05) is 18.2 Å². The third kappa shape index (κ3) is 4.37. The molecule has 2 fully saturated rings. The molecule has 2 saturated heterocycles. The summed E-state index contributed by atoms with van der Waals surface area (Å²) in [6.45, 7) is 2.90. The van der Waals surface area contributed by atoms with Crippen LogP contribution >= 0.6 is 0 Å². The number of amides is 5. The first-order valence-corrected chi connectivity index (χ1v) is 11.7. The number of nitrogens with zero attached hydrogens (tertiary/aromatic N) is 3. The monoisotopic (exact) mass is 474 g/mol. The van der Waals surface area contributed by atoms with Gasteiger partial charge in [0.1, 0.15) is 17.9 Å². The molecule has 5 amide bonds. The van der Waals surface area contributed by atoms with Gasteiger partial charge in [0, 0.05) is 35.2 Å². The Morgan fingerprint density at radius 1 is 1.14 bits per heavy atom. The number of benzene rings is 1. The fourth-order valence-corrected chi connectivity index (χ4v) is 4.78. The molecule has 5 rings (SSSR count). The van der Waals surface area contributed by atoms with Crippen LogP contribution in [0.25, 0.3) is 17.0 Å². The number of carbonyl (C=O) groups is 4. The molecule has 4 heterocycles. The topological polar surface area (TPSA) is 105 Å². The minimum atomic E-state index is -0.794. The number of nitrogens with one attached hydrogen (secondary N) is 1. The Morgan fingerprint density at radius 3 is 2.74 bits per heavy atom. The molecule has 9 nitrogen and oxygen atoms in total. The average molecular weight is 475 g/mol. The van der Waals surface area contributed by atoms with Crippen LogP contribution in [-0.4, -0.2) is 50.7 Å². The molecule has 1 aromatic carbocycles. The molecule has 0 bridgehead atoms. The van der Waals surface area contributed by atoms with Crippen molar-refractivity contribution >= 4 is 40.7 Å². The zero-order valence-corrected chi connectivity index (χ0v) is 19.4. The fraction of sp³-hybridized carbons (Fsp3) is 0.308. The van der Waals surface area contributed by atoms with E-state index in [9.17, 15) is 19.2 Å². The second-order valence-corrected chi connectivity index (χ2v) is 8.95. The number of hydrogen-bond acceptors (Lipinski definition) is 5. The van der Waals surface area contributed by atoms with Gasteiger partial charge in [0.05, 0.1) is 12.8 Å². The van der Waals surface area contributed by atoms with Gasteiger partial charge >= 0.3 is 6.03 Å². The molecule has 1 unspecified atom stereocenters. The lowest BCUT2D eigenvalue weighted by atomic mass is 10.0. The zero-order chi connectivity index (χ0) is 24.5. The molecule has 0 aliphatic carbocycles. The first-order chi connectivity index (χ1) is 16.9. The molecule has 35 heavy (non-hydrogen) atoms. The van der Waals surface area contributed by atoms with Gasteiger partial charge in [0.15, 0.2) is 0 Å². The molecule has 3 aromatic rings. The summed E-state index contributed by atoms with van der Waals surface area (Å²) >= 11 is 0. The summed E-state index contributed by atoms with van der Waals surface area (Å²) < 4.78 is 7.10. The lowest BCUT2D eigenvalue weighted by Gasteiger charge is -2.33. The third-order valence-electron chi connectivity index (χ3n) is 6.63. The number of piperidine rings is 1. The average Bonchev–Trinajstić information content (AvgIpc) is 3.48. The molecule has 2 aromatic heterocycles. The number of aromatic nitrogens is 1. The Kier molecular flexibility index (Phi) is 5.98. The smallest absolute Gasteiger partial charge is 0.331 e. The van der Waals surface area contributed by atoms with E-state index < -0.39 is 17.8 Å². The van der Waals surface area contributed by atoms with E-state index in [1.807, 2.05) is 33.7 Å². The van der Waals surface area contributed by atoms with Crippen molar-refractivity contribution in [2.24, 2.45) is 0 Å². The summed E-state index contributed by atoms with van der Waals surface area (Å²) in [7, 11) is 0. The van der Waals surface area contributed by atoms with Gasteiger partial charge < -0.3 is 13.9 Å². The van der Waals surface area contributed by atoms with E-state index >= 15 is 0 Å². The summed E-state index contributed by atoms with van der Waals surface area (Å²) in [4.78, 5) is 53.9. The minimum absolute atomic E-state index is 0.0406. The zero-order valence-electron chi connectivity index (χ0n) is 19.4. The number of rotatable bonds is 5. The van der Waals surface area contributed by atoms with Crippen molar-refractivity contribution < 1.29 is 23.6 Å². The van der Waals surface area contributed by atoms with E-state index in [0.717, 1.165) is 41.6 Å². The number of furan rings is 1.